The molecule has 1 unspecified atom stereocenters. The number of benzene rings is 1. The zero-order valence-corrected chi connectivity index (χ0v) is 16.5. The molecule has 1 fully saturated rings. The molecule has 0 spiro atoms. The molecule has 1 amide bonds. The summed E-state index contributed by atoms with van der Waals surface area (Å²) in [7, 11) is -3.67. The van der Waals surface area contributed by atoms with Gasteiger partial charge in [0.15, 0.2) is 0 Å². The van der Waals surface area contributed by atoms with Crippen LogP contribution in [0.2, 0.25) is 0 Å². The van der Waals surface area contributed by atoms with Crippen molar-refractivity contribution in [2.45, 2.75) is 31.7 Å². The smallest absolute Gasteiger partial charge is 0.251 e. The predicted octanol–water partition coefficient (Wildman–Crippen LogP) is 2.41. The van der Waals surface area contributed by atoms with Gasteiger partial charge in [-0.3, -0.25) is 4.79 Å². The fraction of sp³-hybridized carbons (Fsp3) is 0.421. The number of carbonyl (C=O) groups excluding carboxylic acids is 1. The first kappa shape index (κ1) is 19.6. The van der Waals surface area contributed by atoms with Crippen LogP contribution in [0, 0.1) is 13.8 Å². The Morgan fingerprint density at radius 3 is 2.48 bits per heavy atom. The number of aryl methyl sites for hydroxylation is 2. The molecule has 0 saturated carbocycles. The first-order chi connectivity index (χ1) is 12.8. The van der Waals surface area contributed by atoms with Crippen LogP contribution >= 0.6 is 0 Å². The van der Waals surface area contributed by atoms with Gasteiger partial charge in [-0.15, -0.1) is 0 Å². The highest BCUT2D eigenvalue weighted by atomic mass is 32.2. The number of ether oxygens (including phenoxy) is 1. The van der Waals surface area contributed by atoms with Gasteiger partial charge in [-0.25, -0.2) is 8.42 Å². The van der Waals surface area contributed by atoms with Crippen LogP contribution in [-0.4, -0.2) is 44.9 Å². The molecule has 27 heavy (non-hydrogen) atoms. The Hall–Kier alpha value is -2.16. The molecule has 2 heterocycles. The summed E-state index contributed by atoms with van der Waals surface area (Å²) in [6.45, 7) is 6.75. The van der Waals surface area contributed by atoms with Gasteiger partial charge in [0.1, 0.15) is 11.5 Å². The van der Waals surface area contributed by atoms with E-state index in [1.807, 2.05) is 26.0 Å². The zero-order valence-electron chi connectivity index (χ0n) is 15.7. The maximum atomic E-state index is 13.0. The summed E-state index contributed by atoms with van der Waals surface area (Å²) in [5, 5.41) is 2.84. The molecule has 8 heteroatoms. The molecular weight excluding hydrogens is 368 g/mol. The fourth-order valence-corrected chi connectivity index (χ4v) is 4.64. The molecule has 0 bridgehead atoms. The van der Waals surface area contributed by atoms with Crippen LogP contribution in [0.1, 0.15) is 40.4 Å². The van der Waals surface area contributed by atoms with Gasteiger partial charge >= 0.3 is 0 Å². The van der Waals surface area contributed by atoms with E-state index >= 15 is 0 Å². The third-order valence-electron chi connectivity index (χ3n) is 4.57. The van der Waals surface area contributed by atoms with E-state index < -0.39 is 10.0 Å². The first-order valence-electron chi connectivity index (χ1n) is 8.85. The average Bonchev–Trinajstić information content (AvgIpc) is 3.09. The molecular formula is C19H24N2O5S. The van der Waals surface area contributed by atoms with Crippen molar-refractivity contribution < 1.29 is 22.4 Å². The third-order valence-corrected chi connectivity index (χ3v) is 6.61. The zero-order chi connectivity index (χ0) is 19.6. The van der Waals surface area contributed by atoms with Gasteiger partial charge in [-0.1, -0.05) is 6.07 Å². The maximum Gasteiger partial charge on any atom is 0.251 e. The number of rotatable bonds is 5. The molecule has 146 valence electrons. The summed E-state index contributed by atoms with van der Waals surface area (Å²) in [6.07, 6.45) is 0. The van der Waals surface area contributed by atoms with Gasteiger partial charge in [0.25, 0.3) is 5.91 Å². The molecule has 1 N–H and O–H groups in total. The van der Waals surface area contributed by atoms with E-state index in [4.69, 9.17) is 9.15 Å². The summed E-state index contributed by atoms with van der Waals surface area (Å²) in [6, 6.07) is 8.04. The lowest BCUT2D eigenvalue weighted by atomic mass is 10.1. The van der Waals surface area contributed by atoms with Gasteiger partial charge in [0.2, 0.25) is 10.0 Å². The Morgan fingerprint density at radius 1 is 1.15 bits per heavy atom. The highest BCUT2D eigenvalue weighted by molar-refractivity contribution is 7.89. The number of sulfonamides is 1. The fourth-order valence-electron chi connectivity index (χ4n) is 2.98. The highest BCUT2D eigenvalue weighted by Gasteiger charge is 2.28. The Balaban J connectivity index is 1.83. The quantitative estimate of drug-likeness (QED) is 0.844. The number of hydrogen-bond donors (Lipinski definition) is 1. The largest absolute Gasteiger partial charge is 0.464 e. The van der Waals surface area contributed by atoms with Crippen LogP contribution in [0.25, 0.3) is 0 Å². The number of furan rings is 1. The second-order valence-corrected chi connectivity index (χ2v) is 8.55. The number of hydrogen-bond acceptors (Lipinski definition) is 5. The van der Waals surface area contributed by atoms with Gasteiger partial charge in [-0.2, -0.15) is 4.31 Å². The van der Waals surface area contributed by atoms with E-state index in [1.54, 1.807) is 19.1 Å². The van der Waals surface area contributed by atoms with E-state index in [1.165, 1.54) is 10.4 Å². The average molecular weight is 392 g/mol. The van der Waals surface area contributed by atoms with Gasteiger partial charge in [0, 0.05) is 18.7 Å². The van der Waals surface area contributed by atoms with Gasteiger partial charge < -0.3 is 14.5 Å². The maximum absolute atomic E-state index is 13.0. The summed E-state index contributed by atoms with van der Waals surface area (Å²) in [5.41, 5.74) is 0.898. The second-order valence-electron chi connectivity index (χ2n) is 6.64. The number of nitrogens with one attached hydrogen (secondary N) is 1. The number of morpholine rings is 1. The molecule has 2 aromatic rings. The number of nitrogens with zero attached hydrogens (tertiary/aromatic N) is 1. The van der Waals surface area contributed by atoms with Crippen LogP contribution in [0.4, 0.5) is 0 Å². The van der Waals surface area contributed by atoms with Crippen LogP contribution in [0.15, 0.2) is 39.6 Å². The molecule has 1 aromatic carbocycles. The molecule has 1 aromatic heterocycles. The minimum atomic E-state index is -3.67. The lowest BCUT2D eigenvalue weighted by molar-refractivity contribution is 0.0730. The van der Waals surface area contributed by atoms with Crippen LogP contribution in [0.5, 0.6) is 0 Å². The standard InChI is InChI=1S/C19H24N2O5S/c1-13-4-6-16(19(22)20-15(3)17-7-5-14(2)26-17)12-18(13)27(23,24)21-8-10-25-11-9-21/h4-7,12,15H,8-11H2,1-3H3,(H,20,22). The topological polar surface area (TPSA) is 88.9 Å². The van der Waals surface area contributed by atoms with Crippen LogP contribution in [0.3, 0.4) is 0 Å². The summed E-state index contributed by atoms with van der Waals surface area (Å²) in [4.78, 5) is 12.8. The molecule has 1 aliphatic rings. The van der Waals surface area contributed by atoms with Crippen molar-refractivity contribution in [1.29, 1.82) is 0 Å². The Morgan fingerprint density at radius 2 is 1.85 bits per heavy atom. The minimum Gasteiger partial charge on any atom is -0.464 e. The van der Waals surface area contributed by atoms with Gasteiger partial charge in [0.05, 0.1) is 24.2 Å². The van der Waals surface area contributed by atoms with E-state index in [0.717, 1.165) is 5.76 Å². The SMILES string of the molecule is Cc1ccc(C(C)NC(=O)c2ccc(C)c(S(=O)(=O)N3CCOCC3)c2)o1. The minimum absolute atomic E-state index is 0.151. The van der Waals surface area contributed by atoms with Gasteiger partial charge in [-0.05, 0) is 50.6 Å². The highest BCUT2D eigenvalue weighted by Crippen LogP contribution is 2.23. The van der Waals surface area contributed by atoms with E-state index in [2.05, 4.69) is 5.32 Å². The molecule has 0 radical (unpaired) electrons. The van der Waals surface area contributed by atoms with E-state index in [-0.39, 0.29) is 16.8 Å². The van der Waals surface area contributed by atoms with E-state index in [0.29, 0.717) is 43.2 Å². The normalized spacial score (nSPS) is 16.9. The first-order valence-corrected chi connectivity index (χ1v) is 10.3. The van der Waals surface area contributed by atoms with Crippen LogP contribution < -0.4 is 5.32 Å². The lowest BCUT2D eigenvalue weighted by Gasteiger charge is -2.26. The molecule has 0 aliphatic carbocycles. The molecule has 1 aliphatic heterocycles. The molecule has 7 nitrogen and oxygen atoms in total. The molecule has 1 atom stereocenters. The van der Waals surface area contributed by atoms with Crippen molar-refractivity contribution in [2.75, 3.05) is 26.3 Å². The van der Waals surface area contributed by atoms with Crippen molar-refractivity contribution >= 4 is 15.9 Å². The predicted molar refractivity (Wildman–Crippen MR) is 100 cm³/mol. The van der Waals surface area contributed by atoms with Crippen molar-refractivity contribution in [3.8, 4) is 0 Å². The van der Waals surface area contributed by atoms with Crippen LogP contribution in [-0.2, 0) is 14.8 Å². The Bertz CT molecular complexity index is 929. The summed E-state index contributed by atoms with van der Waals surface area (Å²) >= 11 is 0. The van der Waals surface area contributed by atoms with Crippen molar-refractivity contribution in [3.63, 3.8) is 0 Å². The molecule has 1 saturated heterocycles. The lowest BCUT2D eigenvalue weighted by Crippen LogP contribution is -2.41. The van der Waals surface area contributed by atoms with Crippen molar-refractivity contribution in [3.05, 3.63) is 53.0 Å². The Kier molecular flexibility index (Phi) is 5.69. The third kappa shape index (κ3) is 4.23. The summed E-state index contributed by atoms with van der Waals surface area (Å²) in [5.74, 6) is 1.06. The number of carbonyl (C=O) groups is 1. The van der Waals surface area contributed by atoms with Crippen molar-refractivity contribution in [2.24, 2.45) is 0 Å². The van der Waals surface area contributed by atoms with Crippen molar-refractivity contribution in [1.82, 2.24) is 9.62 Å². The monoisotopic (exact) mass is 392 g/mol. The Labute approximate surface area is 159 Å². The summed E-state index contributed by atoms with van der Waals surface area (Å²) < 4.78 is 38.1. The molecule has 3 rings (SSSR count). The van der Waals surface area contributed by atoms with E-state index in [9.17, 15) is 13.2 Å². The number of amides is 1. The second kappa shape index (κ2) is 7.84.